The molecule has 0 aromatic heterocycles. The number of hydrogen-bond donors (Lipinski definition) is 1. The maximum atomic E-state index is 13.1. The molecule has 150 valence electrons. The van der Waals surface area contributed by atoms with E-state index >= 15 is 0 Å². The molecule has 0 atom stereocenters. The topological polar surface area (TPSA) is 66.5 Å². The number of carbonyl (C=O) groups is 1. The van der Waals surface area contributed by atoms with Gasteiger partial charge in [0.2, 0.25) is 0 Å². The van der Waals surface area contributed by atoms with Crippen molar-refractivity contribution in [2.24, 2.45) is 0 Å². The third kappa shape index (κ3) is 4.75. The van der Waals surface area contributed by atoms with Crippen molar-refractivity contribution >= 4 is 38.9 Å². The molecule has 0 aliphatic rings. The summed E-state index contributed by atoms with van der Waals surface area (Å²) < 4.78 is 40.6. The minimum Gasteiger partial charge on any atom is -0.309 e. The highest BCUT2D eigenvalue weighted by Crippen LogP contribution is 2.27. The molecule has 0 aliphatic carbocycles. The third-order valence-corrected chi connectivity index (χ3v) is 5.92. The maximum absolute atomic E-state index is 13.1. The summed E-state index contributed by atoms with van der Waals surface area (Å²) in [4.78, 5) is 14.4. The molecule has 0 saturated carbocycles. The average Bonchev–Trinajstić information content (AvgIpc) is 2.71. The Bertz CT molecular complexity index is 1120. The van der Waals surface area contributed by atoms with Gasteiger partial charge in [0, 0.05) is 17.8 Å². The van der Waals surface area contributed by atoms with Gasteiger partial charge in [0.15, 0.2) is 0 Å². The number of para-hydroxylation sites is 1. The minimum absolute atomic E-state index is 0.0611. The minimum atomic E-state index is -4.00. The number of halogens is 2. The molecule has 0 fully saturated rings. The molecule has 3 aromatic rings. The maximum Gasteiger partial charge on any atom is 0.261 e. The Morgan fingerprint density at radius 1 is 1.03 bits per heavy atom. The molecule has 0 unspecified atom stereocenters. The lowest BCUT2D eigenvalue weighted by molar-refractivity contribution is 0.0988. The van der Waals surface area contributed by atoms with E-state index in [0.29, 0.717) is 6.54 Å². The van der Waals surface area contributed by atoms with E-state index in [4.69, 9.17) is 11.6 Å². The van der Waals surface area contributed by atoms with Gasteiger partial charge < -0.3 is 4.90 Å². The van der Waals surface area contributed by atoms with Crippen molar-refractivity contribution in [1.82, 2.24) is 0 Å². The van der Waals surface area contributed by atoms with Gasteiger partial charge in [-0.15, -0.1) is 0 Å². The molecule has 3 rings (SSSR count). The van der Waals surface area contributed by atoms with E-state index < -0.39 is 15.8 Å². The van der Waals surface area contributed by atoms with Crippen LogP contribution in [0.1, 0.15) is 17.3 Å². The van der Waals surface area contributed by atoms with Crippen molar-refractivity contribution in [2.75, 3.05) is 16.2 Å². The SMILES string of the molecule is CCN(C(=O)c1ccc(Cl)c(NS(=O)(=O)c2ccc(F)cc2)c1)c1ccccc1. The fourth-order valence-electron chi connectivity index (χ4n) is 2.76. The predicted molar refractivity (Wildman–Crippen MR) is 112 cm³/mol. The second-order valence-electron chi connectivity index (χ2n) is 6.14. The highest BCUT2D eigenvalue weighted by atomic mass is 35.5. The molecule has 0 radical (unpaired) electrons. The van der Waals surface area contributed by atoms with Crippen LogP contribution in [0.15, 0.2) is 77.7 Å². The summed E-state index contributed by atoms with van der Waals surface area (Å²) in [5, 5.41) is 0.134. The van der Waals surface area contributed by atoms with Crippen LogP contribution >= 0.6 is 11.6 Å². The first-order chi connectivity index (χ1) is 13.8. The fourth-order valence-corrected chi connectivity index (χ4v) is 4.05. The van der Waals surface area contributed by atoms with E-state index in [-0.39, 0.29) is 27.1 Å². The number of nitrogens with one attached hydrogen (secondary N) is 1. The quantitative estimate of drug-likeness (QED) is 0.599. The number of hydrogen-bond acceptors (Lipinski definition) is 3. The summed E-state index contributed by atoms with van der Waals surface area (Å²) in [7, 11) is -4.00. The number of nitrogens with zero attached hydrogens (tertiary/aromatic N) is 1. The molecule has 1 N–H and O–H groups in total. The van der Waals surface area contributed by atoms with Crippen LogP contribution in [0.3, 0.4) is 0 Å². The van der Waals surface area contributed by atoms with E-state index in [2.05, 4.69) is 4.72 Å². The van der Waals surface area contributed by atoms with Gasteiger partial charge in [-0.1, -0.05) is 29.8 Å². The second kappa shape index (κ2) is 8.63. The fraction of sp³-hybridized carbons (Fsp3) is 0.0952. The summed E-state index contributed by atoms with van der Waals surface area (Å²) in [6.45, 7) is 2.28. The molecule has 0 bridgehead atoms. The number of sulfonamides is 1. The van der Waals surface area contributed by atoms with Crippen LogP contribution in [0.2, 0.25) is 5.02 Å². The first kappa shape index (κ1) is 20.8. The Balaban J connectivity index is 1.91. The summed E-state index contributed by atoms with van der Waals surface area (Å²) in [5.41, 5.74) is 1.06. The van der Waals surface area contributed by atoms with Gasteiger partial charge in [-0.05, 0) is 61.5 Å². The summed E-state index contributed by atoms with van der Waals surface area (Å²) in [5.74, 6) is -0.840. The standard InChI is InChI=1S/C21H18ClFN2O3S/c1-2-25(17-6-4-3-5-7-17)21(26)15-8-13-19(22)20(14-15)24-29(27,28)18-11-9-16(23)10-12-18/h3-14,24H,2H2,1H3. The third-order valence-electron chi connectivity index (χ3n) is 4.21. The van der Waals surface area contributed by atoms with Gasteiger partial charge in [0.05, 0.1) is 15.6 Å². The van der Waals surface area contributed by atoms with Gasteiger partial charge in [-0.2, -0.15) is 0 Å². The monoisotopic (exact) mass is 432 g/mol. The molecule has 0 spiro atoms. The highest BCUT2D eigenvalue weighted by Gasteiger charge is 2.20. The largest absolute Gasteiger partial charge is 0.309 e. The molecule has 0 heterocycles. The van der Waals surface area contributed by atoms with Gasteiger partial charge in [0.1, 0.15) is 5.82 Å². The summed E-state index contributed by atoms with van der Waals surface area (Å²) >= 11 is 6.14. The van der Waals surface area contributed by atoms with Crippen molar-refractivity contribution in [3.05, 3.63) is 89.2 Å². The number of amides is 1. The zero-order valence-electron chi connectivity index (χ0n) is 15.5. The molecule has 3 aromatic carbocycles. The average molecular weight is 433 g/mol. The summed E-state index contributed by atoms with van der Waals surface area (Å²) in [6.07, 6.45) is 0. The lowest BCUT2D eigenvalue weighted by atomic mass is 10.1. The molecular formula is C21H18ClFN2O3S. The van der Waals surface area contributed by atoms with Gasteiger partial charge in [-0.3, -0.25) is 9.52 Å². The zero-order valence-corrected chi connectivity index (χ0v) is 17.0. The smallest absolute Gasteiger partial charge is 0.261 e. The molecule has 0 saturated heterocycles. The van der Waals surface area contributed by atoms with Crippen molar-refractivity contribution in [3.8, 4) is 0 Å². The Morgan fingerprint density at radius 3 is 2.31 bits per heavy atom. The Kier molecular flexibility index (Phi) is 6.20. The number of benzene rings is 3. The van der Waals surface area contributed by atoms with Gasteiger partial charge in [-0.25, -0.2) is 12.8 Å². The van der Waals surface area contributed by atoms with Crippen LogP contribution in [0.5, 0.6) is 0 Å². The van der Waals surface area contributed by atoms with Crippen LogP contribution < -0.4 is 9.62 Å². The normalized spacial score (nSPS) is 11.1. The van der Waals surface area contributed by atoms with E-state index in [0.717, 1.165) is 30.0 Å². The van der Waals surface area contributed by atoms with Crippen LogP contribution in [0.4, 0.5) is 15.8 Å². The van der Waals surface area contributed by atoms with Crippen molar-refractivity contribution in [2.45, 2.75) is 11.8 Å². The second-order valence-corrected chi connectivity index (χ2v) is 8.23. The highest BCUT2D eigenvalue weighted by molar-refractivity contribution is 7.92. The van der Waals surface area contributed by atoms with Crippen molar-refractivity contribution in [3.63, 3.8) is 0 Å². The Labute approximate surface area is 173 Å². The number of carbonyl (C=O) groups excluding carboxylic acids is 1. The Morgan fingerprint density at radius 2 is 1.69 bits per heavy atom. The predicted octanol–water partition coefficient (Wildman–Crippen LogP) is 4.95. The molecule has 8 heteroatoms. The van der Waals surface area contributed by atoms with E-state index in [1.807, 2.05) is 37.3 Å². The molecule has 29 heavy (non-hydrogen) atoms. The molecule has 0 aliphatic heterocycles. The van der Waals surface area contributed by atoms with Crippen LogP contribution in [-0.2, 0) is 10.0 Å². The van der Waals surface area contributed by atoms with Crippen molar-refractivity contribution in [1.29, 1.82) is 0 Å². The van der Waals surface area contributed by atoms with E-state index in [1.165, 1.54) is 18.2 Å². The molecule has 1 amide bonds. The first-order valence-corrected chi connectivity index (χ1v) is 10.6. The molecular weight excluding hydrogens is 415 g/mol. The Hall–Kier alpha value is -2.90. The van der Waals surface area contributed by atoms with Gasteiger partial charge >= 0.3 is 0 Å². The first-order valence-electron chi connectivity index (χ1n) is 8.76. The lowest BCUT2D eigenvalue weighted by Gasteiger charge is -2.21. The van der Waals surface area contributed by atoms with Crippen LogP contribution in [-0.4, -0.2) is 20.9 Å². The number of anilines is 2. The van der Waals surface area contributed by atoms with Crippen molar-refractivity contribution < 1.29 is 17.6 Å². The summed E-state index contributed by atoms with van der Waals surface area (Å²) in [6, 6.07) is 17.9. The zero-order chi connectivity index (χ0) is 21.0. The van der Waals surface area contributed by atoms with E-state index in [9.17, 15) is 17.6 Å². The van der Waals surface area contributed by atoms with Crippen LogP contribution in [0, 0.1) is 5.82 Å². The van der Waals surface area contributed by atoms with Crippen LogP contribution in [0.25, 0.3) is 0 Å². The number of rotatable bonds is 6. The molecule has 5 nitrogen and oxygen atoms in total. The van der Waals surface area contributed by atoms with Gasteiger partial charge in [0.25, 0.3) is 15.9 Å². The van der Waals surface area contributed by atoms with E-state index in [1.54, 1.807) is 4.90 Å². The lowest BCUT2D eigenvalue weighted by Crippen LogP contribution is -2.30.